The van der Waals surface area contributed by atoms with E-state index in [1.165, 1.54) is 4.90 Å². The van der Waals surface area contributed by atoms with Crippen LogP contribution < -0.4 is 33.6 Å². The summed E-state index contributed by atoms with van der Waals surface area (Å²) in [6.07, 6.45) is 1.34. The Balaban J connectivity index is 2.83. The summed E-state index contributed by atoms with van der Waals surface area (Å²) >= 11 is 3.89. The van der Waals surface area contributed by atoms with E-state index < -0.39 is 53.8 Å². The average Bonchev–Trinajstić information content (AvgIpc) is 3.26. The molecule has 11 N–H and O–H groups in total. The summed E-state index contributed by atoms with van der Waals surface area (Å²) in [5.41, 5.74) is 21.7. The fourth-order valence-electron chi connectivity index (χ4n) is 3.44. The standard InChI is InChI=1S/C19H34N8O6S/c20-10(3-1-7-24-19(22)23)17(31)27-8-2-4-13(27)16(30)25-11(5-6-14(21)28)15(29)26-12(9-34)18(32)33/h10-13,34H,1-9,20H2,(H2,21,28)(H,25,30)(H,26,29)(H,32,33)(H4,22,23,24). The first kappa shape index (κ1) is 29.0. The molecule has 0 saturated carbocycles. The molecular formula is C19H34N8O6S. The van der Waals surface area contributed by atoms with Gasteiger partial charge in [-0.1, -0.05) is 0 Å². The number of amides is 4. The molecular weight excluding hydrogens is 468 g/mol. The fourth-order valence-corrected chi connectivity index (χ4v) is 3.69. The molecule has 1 heterocycles. The maximum Gasteiger partial charge on any atom is 0.327 e. The molecule has 1 aliphatic heterocycles. The minimum atomic E-state index is -1.30. The van der Waals surface area contributed by atoms with Crippen molar-refractivity contribution in [3.63, 3.8) is 0 Å². The molecule has 1 fully saturated rings. The smallest absolute Gasteiger partial charge is 0.327 e. The average molecular weight is 503 g/mol. The van der Waals surface area contributed by atoms with Gasteiger partial charge in [-0.05, 0) is 32.1 Å². The second-order valence-corrected chi connectivity index (χ2v) is 8.26. The van der Waals surface area contributed by atoms with E-state index in [2.05, 4.69) is 28.3 Å². The second-order valence-electron chi connectivity index (χ2n) is 7.89. The highest BCUT2D eigenvalue weighted by Gasteiger charge is 2.37. The largest absolute Gasteiger partial charge is 0.480 e. The van der Waals surface area contributed by atoms with Gasteiger partial charge in [0.1, 0.15) is 18.1 Å². The Bertz CT molecular complexity index is 791. The summed E-state index contributed by atoms with van der Waals surface area (Å²) in [5, 5.41) is 13.9. The third kappa shape index (κ3) is 9.43. The van der Waals surface area contributed by atoms with E-state index in [1.54, 1.807) is 0 Å². The molecule has 0 spiro atoms. The Labute approximate surface area is 202 Å². The predicted octanol–water partition coefficient (Wildman–Crippen LogP) is -3.39. The quantitative estimate of drug-likeness (QED) is 0.0509. The lowest BCUT2D eigenvalue weighted by atomic mass is 10.1. The van der Waals surface area contributed by atoms with Gasteiger partial charge < -0.3 is 43.6 Å². The molecule has 15 heteroatoms. The third-order valence-corrected chi connectivity index (χ3v) is 5.60. The van der Waals surface area contributed by atoms with Gasteiger partial charge >= 0.3 is 5.97 Å². The highest BCUT2D eigenvalue weighted by molar-refractivity contribution is 7.80. The molecule has 0 bridgehead atoms. The zero-order valence-corrected chi connectivity index (χ0v) is 19.7. The first-order chi connectivity index (χ1) is 16.0. The number of carbonyl (C=O) groups excluding carboxylic acids is 4. The molecule has 0 aliphatic carbocycles. The van der Waals surface area contributed by atoms with Crippen LogP contribution in [0.2, 0.25) is 0 Å². The van der Waals surface area contributed by atoms with Crippen LogP contribution in [0, 0.1) is 0 Å². The normalized spacial score (nSPS) is 17.8. The summed E-state index contributed by atoms with van der Waals surface area (Å²) in [6, 6.07) is -4.23. The molecule has 4 atom stereocenters. The van der Waals surface area contributed by atoms with Crippen molar-refractivity contribution in [2.75, 3.05) is 18.8 Å². The first-order valence-corrected chi connectivity index (χ1v) is 11.4. The van der Waals surface area contributed by atoms with Crippen molar-refractivity contribution in [3.05, 3.63) is 0 Å². The summed E-state index contributed by atoms with van der Waals surface area (Å²) in [6.45, 7) is 0.630. The monoisotopic (exact) mass is 502 g/mol. The van der Waals surface area contributed by atoms with Gasteiger partial charge in [0, 0.05) is 25.3 Å². The summed E-state index contributed by atoms with van der Waals surface area (Å²) in [7, 11) is 0. The van der Waals surface area contributed by atoms with E-state index in [9.17, 15) is 24.0 Å². The number of carboxylic acids is 1. The number of hydrogen-bond donors (Lipinski definition) is 8. The van der Waals surface area contributed by atoms with Crippen LogP contribution in [0.25, 0.3) is 0 Å². The molecule has 34 heavy (non-hydrogen) atoms. The molecule has 0 aromatic carbocycles. The third-order valence-electron chi connectivity index (χ3n) is 5.23. The van der Waals surface area contributed by atoms with Crippen molar-refractivity contribution >= 4 is 48.2 Å². The number of nitrogens with two attached hydrogens (primary N) is 4. The highest BCUT2D eigenvalue weighted by atomic mass is 32.1. The predicted molar refractivity (Wildman–Crippen MR) is 126 cm³/mol. The van der Waals surface area contributed by atoms with Crippen LogP contribution in [-0.4, -0.2) is 88.6 Å². The van der Waals surface area contributed by atoms with Gasteiger partial charge in [0.25, 0.3) is 0 Å². The van der Waals surface area contributed by atoms with Gasteiger partial charge in [0.15, 0.2) is 5.96 Å². The van der Waals surface area contributed by atoms with Crippen LogP contribution in [0.15, 0.2) is 4.99 Å². The van der Waals surface area contributed by atoms with Gasteiger partial charge in [-0.2, -0.15) is 12.6 Å². The molecule has 1 aliphatic rings. The van der Waals surface area contributed by atoms with E-state index in [4.69, 9.17) is 28.0 Å². The second kappa shape index (κ2) is 14.2. The SMILES string of the molecule is NC(=O)CCC(NC(=O)C1CCCN1C(=O)C(N)CCCN=C(N)N)C(=O)NC(CS)C(=O)O. The first-order valence-electron chi connectivity index (χ1n) is 10.8. The van der Waals surface area contributed by atoms with Crippen molar-refractivity contribution in [3.8, 4) is 0 Å². The molecule has 14 nitrogen and oxygen atoms in total. The number of aliphatic carboxylic acids is 1. The number of guanidine groups is 1. The van der Waals surface area contributed by atoms with Crippen LogP contribution in [0.5, 0.6) is 0 Å². The van der Waals surface area contributed by atoms with Crippen molar-refractivity contribution in [2.24, 2.45) is 27.9 Å². The summed E-state index contributed by atoms with van der Waals surface area (Å²) < 4.78 is 0. The molecule has 1 rings (SSSR count). The van der Waals surface area contributed by atoms with E-state index in [-0.39, 0.29) is 24.6 Å². The lowest BCUT2D eigenvalue weighted by Gasteiger charge is -2.28. The van der Waals surface area contributed by atoms with Crippen LogP contribution >= 0.6 is 12.6 Å². The lowest BCUT2D eigenvalue weighted by molar-refractivity contribution is -0.142. The van der Waals surface area contributed by atoms with E-state index in [1.807, 2.05) is 0 Å². The van der Waals surface area contributed by atoms with E-state index in [0.717, 1.165) is 0 Å². The summed E-state index contributed by atoms with van der Waals surface area (Å²) in [4.78, 5) is 65.9. The Morgan fingerprint density at radius 3 is 2.32 bits per heavy atom. The zero-order chi connectivity index (χ0) is 25.8. The number of primary amides is 1. The minimum absolute atomic E-state index is 0.0600. The van der Waals surface area contributed by atoms with E-state index >= 15 is 0 Å². The Hall–Kier alpha value is -3.07. The van der Waals surface area contributed by atoms with Crippen LogP contribution in [0.3, 0.4) is 0 Å². The number of hydrogen-bond acceptors (Lipinski definition) is 8. The zero-order valence-electron chi connectivity index (χ0n) is 18.8. The fraction of sp³-hybridized carbons (Fsp3) is 0.684. The lowest BCUT2D eigenvalue weighted by Crippen LogP contribution is -2.57. The van der Waals surface area contributed by atoms with Crippen molar-refractivity contribution in [1.29, 1.82) is 0 Å². The van der Waals surface area contributed by atoms with Crippen molar-refractivity contribution < 1.29 is 29.1 Å². The molecule has 1 saturated heterocycles. The highest BCUT2D eigenvalue weighted by Crippen LogP contribution is 2.19. The maximum absolute atomic E-state index is 12.9. The number of nitrogens with one attached hydrogen (secondary N) is 2. The Morgan fingerprint density at radius 1 is 1.09 bits per heavy atom. The summed E-state index contributed by atoms with van der Waals surface area (Å²) in [5.74, 6) is -4.06. The van der Waals surface area contributed by atoms with E-state index in [0.29, 0.717) is 38.8 Å². The van der Waals surface area contributed by atoms with Crippen LogP contribution in [0.4, 0.5) is 0 Å². The van der Waals surface area contributed by atoms with Crippen LogP contribution in [0.1, 0.15) is 38.5 Å². The molecule has 192 valence electrons. The van der Waals surface area contributed by atoms with Gasteiger partial charge in [-0.15, -0.1) is 0 Å². The number of thiol groups is 1. The number of aliphatic imine (C=N–C) groups is 1. The van der Waals surface area contributed by atoms with Crippen molar-refractivity contribution in [2.45, 2.75) is 62.7 Å². The topological polar surface area (TPSA) is 249 Å². The van der Waals surface area contributed by atoms with Crippen molar-refractivity contribution in [1.82, 2.24) is 15.5 Å². The minimum Gasteiger partial charge on any atom is -0.480 e. The maximum atomic E-state index is 12.9. The molecule has 4 unspecified atom stereocenters. The van der Waals surface area contributed by atoms with Crippen LogP contribution in [-0.2, 0) is 24.0 Å². The number of nitrogens with zero attached hydrogens (tertiary/aromatic N) is 2. The molecule has 4 amide bonds. The molecule has 0 aromatic heterocycles. The van der Waals surface area contributed by atoms with Gasteiger partial charge in [-0.25, -0.2) is 4.79 Å². The van der Waals surface area contributed by atoms with Gasteiger partial charge in [0.05, 0.1) is 6.04 Å². The Morgan fingerprint density at radius 2 is 1.76 bits per heavy atom. The Kier molecular flexibility index (Phi) is 12.1. The number of likely N-dealkylation sites (tertiary alicyclic amines) is 1. The molecule has 0 aromatic rings. The number of carboxylic acid groups (broad SMARTS) is 1. The van der Waals surface area contributed by atoms with Gasteiger partial charge in [0.2, 0.25) is 23.6 Å². The van der Waals surface area contributed by atoms with Gasteiger partial charge in [-0.3, -0.25) is 24.2 Å². The number of carbonyl (C=O) groups is 5. The number of rotatable bonds is 14. The molecule has 0 radical (unpaired) electrons.